The Balaban J connectivity index is 2.12. The van der Waals surface area contributed by atoms with Gasteiger partial charge in [-0.05, 0) is 25.6 Å². The van der Waals surface area contributed by atoms with E-state index in [-0.39, 0.29) is 0 Å². The molecule has 1 heterocycles. The lowest BCUT2D eigenvalue weighted by Gasteiger charge is -2.39. The van der Waals surface area contributed by atoms with Crippen molar-refractivity contribution in [3.8, 4) is 0 Å². The van der Waals surface area contributed by atoms with Gasteiger partial charge >= 0.3 is 0 Å². The summed E-state index contributed by atoms with van der Waals surface area (Å²) >= 11 is 6.19. The summed E-state index contributed by atoms with van der Waals surface area (Å²) in [6.07, 6.45) is 0. The molecule has 1 aliphatic heterocycles. The monoisotopic (exact) mass is 224 g/mol. The fraction of sp³-hybridized carbons (Fsp3) is 0.500. The summed E-state index contributed by atoms with van der Waals surface area (Å²) in [5, 5.41) is 4.15. The Kier molecular flexibility index (Phi) is 3.29. The number of hydrogen-bond acceptors (Lipinski definition) is 2. The van der Waals surface area contributed by atoms with Gasteiger partial charge < -0.3 is 5.32 Å². The maximum atomic E-state index is 6.19. The second-order valence-corrected chi connectivity index (χ2v) is 4.58. The third-order valence-corrected chi connectivity index (χ3v) is 3.65. The van der Waals surface area contributed by atoms with Crippen LogP contribution in [-0.4, -0.2) is 31.1 Å². The molecule has 1 unspecified atom stereocenters. The van der Waals surface area contributed by atoms with E-state index in [1.807, 2.05) is 18.2 Å². The Hall–Kier alpha value is -0.570. The lowest BCUT2D eigenvalue weighted by atomic mass is 10.0. The van der Waals surface area contributed by atoms with E-state index in [9.17, 15) is 0 Å². The van der Waals surface area contributed by atoms with Crippen LogP contribution in [0.3, 0.4) is 0 Å². The summed E-state index contributed by atoms with van der Waals surface area (Å²) in [6, 6.07) is 9.12. The molecule has 0 spiro atoms. The van der Waals surface area contributed by atoms with Gasteiger partial charge in [-0.25, -0.2) is 0 Å². The predicted octanol–water partition coefficient (Wildman–Crippen LogP) is 2.30. The molecule has 1 saturated heterocycles. The minimum atomic E-state index is 0.380. The van der Waals surface area contributed by atoms with Crippen LogP contribution in [0.1, 0.15) is 18.5 Å². The summed E-state index contributed by atoms with van der Waals surface area (Å²) in [5.41, 5.74) is 1.22. The number of rotatable bonds is 3. The van der Waals surface area contributed by atoms with Crippen molar-refractivity contribution in [2.45, 2.75) is 19.0 Å². The molecule has 2 rings (SSSR count). The Morgan fingerprint density at radius 3 is 2.60 bits per heavy atom. The van der Waals surface area contributed by atoms with Gasteiger partial charge in [0.05, 0.1) is 0 Å². The van der Waals surface area contributed by atoms with Crippen LogP contribution in [0.5, 0.6) is 0 Å². The zero-order valence-electron chi connectivity index (χ0n) is 9.20. The zero-order chi connectivity index (χ0) is 10.8. The lowest BCUT2D eigenvalue weighted by Crippen LogP contribution is -2.56. The van der Waals surface area contributed by atoms with Crippen LogP contribution >= 0.6 is 11.6 Å². The second-order valence-electron chi connectivity index (χ2n) is 4.18. The summed E-state index contributed by atoms with van der Waals surface area (Å²) in [6.45, 7) is 4.39. The number of nitrogens with zero attached hydrogens (tertiary/aromatic N) is 1. The van der Waals surface area contributed by atoms with E-state index in [1.54, 1.807) is 0 Å². The van der Waals surface area contributed by atoms with Crippen molar-refractivity contribution in [2.24, 2.45) is 0 Å². The van der Waals surface area contributed by atoms with Gasteiger partial charge in [0.2, 0.25) is 0 Å². The lowest BCUT2D eigenvalue weighted by molar-refractivity contribution is 0.136. The van der Waals surface area contributed by atoms with Crippen LogP contribution < -0.4 is 5.32 Å². The molecule has 0 aromatic heterocycles. The highest BCUT2D eigenvalue weighted by Crippen LogP contribution is 2.27. The van der Waals surface area contributed by atoms with Crippen LogP contribution in [0.25, 0.3) is 0 Å². The average molecular weight is 225 g/mol. The first-order chi connectivity index (χ1) is 7.20. The van der Waals surface area contributed by atoms with E-state index in [2.05, 4.69) is 30.3 Å². The van der Waals surface area contributed by atoms with Crippen LogP contribution in [0.2, 0.25) is 5.02 Å². The van der Waals surface area contributed by atoms with Crippen molar-refractivity contribution in [3.05, 3.63) is 34.9 Å². The molecule has 82 valence electrons. The highest BCUT2D eigenvalue weighted by molar-refractivity contribution is 6.31. The topological polar surface area (TPSA) is 15.3 Å². The summed E-state index contributed by atoms with van der Waals surface area (Å²) < 4.78 is 0. The third kappa shape index (κ3) is 2.17. The number of hydrogen-bond donors (Lipinski definition) is 1. The Bertz CT molecular complexity index is 336. The molecule has 3 heteroatoms. The van der Waals surface area contributed by atoms with Crippen LogP contribution in [-0.2, 0) is 0 Å². The summed E-state index contributed by atoms with van der Waals surface area (Å²) in [4.78, 5) is 2.39. The fourth-order valence-electron chi connectivity index (χ4n) is 1.91. The first-order valence-electron chi connectivity index (χ1n) is 5.37. The Morgan fingerprint density at radius 1 is 1.40 bits per heavy atom. The number of nitrogens with one attached hydrogen (secondary N) is 1. The van der Waals surface area contributed by atoms with Crippen LogP contribution in [0.15, 0.2) is 24.3 Å². The molecule has 1 aromatic rings. The van der Waals surface area contributed by atoms with Gasteiger partial charge in [-0.2, -0.15) is 0 Å². The molecule has 0 saturated carbocycles. The van der Waals surface area contributed by atoms with Gasteiger partial charge in [0, 0.05) is 30.2 Å². The van der Waals surface area contributed by atoms with E-state index in [4.69, 9.17) is 11.6 Å². The van der Waals surface area contributed by atoms with Gasteiger partial charge in [0.1, 0.15) is 0 Å². The van der Waals surface area contributed by atoms with Gasteiger partial charge in [-0.15, -0.1) is 0 Å². The minimum Gasteiger partial charge on any atom is -0.314 e. The van der Waals surface area contributed by atoms with Crippen molar-refractivity contribution in [1.29, 1.82) is 0 Å². The third-order valence-electron chi connectivity index (χ3n) is 3.30. The van der Waals surface area contributed by atoms with Crippen molar-refractivity contribution >= 4 is 11.6 Å². The highest BCUT2D eigenvalue weighted by Gasteiger charge is 2.26. The first kappa shape index (κ1) is 10.9. The quantitative estimate of drug-likeness (QED) is 0.848. The fourth-order valence-corrected chi connectivity index (χ4v) is 2.20. The molecule has 2 nitrogen and oxygen atoms in total. The van der Waals surface area contributed by atoms with Crippen LogP contribution in [0, 0.1) is 0 Å². The van der Waals surface area contributed by atoms with Crippen molar-refractivity contribution in [3.63, 3.8) is 0 Å². The van der Waals surface area contributed by atoms with Crippen molar-refractivity contribution < 1.29 is 0 Å². The van der Waals surface area contributed by atoms with E-state index >= 15 is 0 Å². The predicted molar refractivity (Wildman–Crippen MR) is 64.3 cm³/mol. The van der Waals surface area contributed by atoms with Crippen molar-refractivity contribution in [2.75, 3.05) is 20.1 Å². The van der Waals surface area contributed by atoms with Gasteiger partial charge in [0.25, 0.3) is 0 Å². The zero-order valence-corrected chi connectivity index (χ0v) is 9.96. The summed E-state index contributed by atoms with van der Waals surface area (Å²) in [7, 11) is 2.17. The van der Waals surface area contributed by atoms with E-state index in [0.717, 1.165) is 18.1 Å². The molecule has 0 bridgehead atoms. The largest absolute Gasteiger partial charge is 0.314 e. The van der Waals surface area contributed by atoms with Crippen LogP contribution in [0.4, 0.5) is 0 Å². The number of benzene rings is 1. The molecular weight excluding hydrogens is 208 g/mol. The standard InChI is InChI=1S/C12H17ClN2/c1-9(15(2)10-7-14-8-10)11-5-3-4-6-12(11)13/h3-6,9-10,14H,7-8H2,1-2H3. The smallest absolute Gasteiger partial charge is 0.0453 e. The SMILES string of the molecule is CC(c1ccccc1Cl)N(C)C1CNC1. The first-order valence-corrected chi connectivity index (χ1v) is 5.75. The van der Waals surface area contributed by atoms with E-state index in [0.29, 0.717) is 12.1 Å². The maximum Gasteiger partial charge on any atom is 0.0453 e. The van der Waals surface area contributed by atoms with Crippen molar-refractivity contribution in [1.82, 2.24) is 10.2 Å². The average Bonchev–Trinajstić information content (AvgIpc) is 2.15. The molecule has 1 fully saturated rings. The maximum absolute atomic E-state index is 6.19. The van der Waals surface area contributed by atoms with E-state index in [1.165, 1.54) is 5.56 Å². The molecule has 0 amide bonds. The molecule has 1 atom stereocenters. The molecule has 15 heavy (non-hydrogen) atoms. The van der Waals surface area contributed by atoms with Gasteiger partial charge in [-0.3, -0.25) is 4.90 Å². The molecular formula is C12H17ClN2. The van der Waals surface area contributed by atoms with Gasteiger partial charge in [-0.1, -0.05) is 29.8 Å². The molecule has 1 aromatic carbocycles. The Labute approximate surface area is 96.2 Å². The molecule has 1 N–H and O–H groups in total. The summed E-state index contributed by atoms with van der Waals surface area (Å²) in [5.74, 6) is 0. The van der Waals surface area contributed by atoms with E-state index < -0.39 is 0 Å². The molecule has 1 aliphatic rings. The highest BCUT2D eigenvalue weighted by atomic mass is 35.5. The normalized spacial score (nSPS) is 18.9. The van der Waals surface area contributed by atoms with Gasteiger partial charge in [0.15, 0.2) is 0 Å². The Morgan fingerprint density at radius 2 is 2.07 bits per heavy atom. The minimum absolute atomic E-state index is 0.380. The number of halogens is 1. The second kappa shape index (κ2) is 4.52. The number of likely N-dealkylation sites (N-methyl/N-ethyl adjacent to an activating group) is 1. The molecule has 0 aliphatic carbocycles. The molecule has 0 radical (unpaired) electrons.